The fourth-order valence-corrected chi connectivity index (χ4v) is 2.12. The van der Waals surface area contributed by atoms with Crippen molar-refractivity contribution in [3.05, 3.63) is 52.3 Å². The number of hydrogen-bond donors (Lipinski definition) is 2. The predicted octanol–water partition coefficient (Wildman–Crippen LogP) is 3.03. The quantitative estimate of drug-likeness (QED) is 0.796. The Hall–Kier alpha value is -1.59. The molecule has 0 amide bonds. The standard InChI is InChI=1S/C15H17BrN2O2/c1-11-5-6-15(19)14(18-11)10-17-7-8-20-13-4-2-3-12(16)9-13/h2-6,9,17,19H,7-8,10H2,1H3. The summed E-state index contributed by atoms with van der Waals surface area (Å²) in [7, 11) is 0. The van der Waals surface area contributed by atoms with Crippen LogP contribution in [0.15, 0.2) is 40.9 Å². The van der Waals surface area contributed by atoms with Crippen LogP contribution >= 0.6 is 15.9 Å². The van der Waals surface area contributed by atoms with Crippen molar-refractivity contribution in [2.24, 2.45) is 0 Å². The number of pyridine rings is 1. The van der Waals surface area contributed by atoms with Crippen molar-refractivity contribution >= 4 is 15.9 Å². The molecule has 0 fully saturated rings. The third kappa shape index (κ3) is 4.51. The van der Waals surface area contributed by atoms with Crippen LogP contribution in [0.1, 0.15) is 11.4 Å². The number of hydrogen-bond acceptors (Lipinski definition) is 4. The van der Waals surface area contributed by atoms with Gasteiger partial charge in [-0.3, -0.25) is 4.98 Å². The molecule has 2 rings (SSSR count). The van der Waals surface area contributed by atoms with E-state index in [1.54, 1.807) is 12.1 Å². The maximum absolute atomic E-state index is 9.66. The van der Waals surface area contributed by atoms with Gasteiger partial charge in [0.25, 0.3) is 0 Å². The first-order valence-electron chi connectivity index (χ1n) is 6.40. The third-order valence-electron chi connectivity index (χ3n) is 2.73. The van der Waals surface area contributed by atoms with Crippen molar-refractivity contribution in [2.45, 2.75) is 13.5 Å². The largest absolute Gasteiger partial charge is 0.506 e. The fourth-order valence-electron chi connectivity index (χ4n) is 1.74. The second-order valence-electron chi connectivity index (χ2n) is 4.40. The van der Waals surface area contributed by atoms with Gasteiger partial charge in [0.05, 0.1) is 5.69 Å². The summed E-state index contributed by atoms with van der Waals surface area (Å²) in [5.74, 6) is 1.05. The molecule has 0 aliphatic carbocycles. The normalized spacial score (nSPS) is 10.5. The molecule has 0 bridgehead atoms. The zero-order chi connectivity index (χ0) is 14.4. The van der Waals surface area contributed by atoms with Crippen molar-refractivity contribution < 1.29 is 9.84 Å². The molecule has 20 heavy (non-hydrogen) atoms. The van der Waals surface area contributed by atoms with Gasteiger partial charge in [-0.1, -0.05) is 22.0 Å². The number of nitrogens with one attached hydrogen (secondary N) is 1. The highest BCUT2D eigenvalue weighted by atomic mass is 79.9. The minimum Gasteiger partial charge on any atom is -0.506 e. The number of benzene rings is 1. The molecule has 2 N–H and O–H groups in total. The Labute approximate surface area is 126 Å². The van der Waals surface area contributed by atoms with E-state index in [0.29, 0.717) is 25.4 Å². The topological polar surface area (TPSA) is 54.4 Å². The van der Waals surface area contributed by atoms with Gasteiger partial charge >= 0.3 is 0 Å². The van der Waals surface area contributed by atoms with E-state index in [0.717, 1.165) is 15.9 Å². The molecule has 0 spiro atoms. The van der Waals surface area contributed by atoms with Crippen molar-refractivity contribution in [1.82, 2.24) is 10.3 Å². The lowest BCUT2D eigenvalue weighted by atomic mass is 10.3. The van der Waals surface area contributed by atoms with Gasteiger partial charge in [0.15, 0.2) is 0 Å². The number of rotatable bonds is 6. The smallest absolute Gasteiger partial charge is 0.138 e. The van der Waals surface area contributed by atoms with Crippen LogP contribution in [-0.4, -0.2) is 23.2 Å². The molecule has 0 unspecified atom stereocenters. The van der Waals surface area contributed by atoms with E-state index in [4.69, 9.17) is 4.74 Å². The maximum Gasteiger partial charge on any atom is 0.138 e. The number of halogens is 1. The van der Waals surface area contributed by atoms with Crippen LogP contribution in [0, 0.1) is 6.92 Å². The van der Waals surface area contributed by atoms with Gasteiger partial charge in [-0.15, -0.1) is 0 Å². The molecule has 1 aromatic heterocycles. The number of aromatic hydroxyl groups is 1. The summed E-state index contributed by atoms with van der Waals surface area (Å²) in [5.41, 5.74) is 1.55. The van der Waals surface area contributed by atoms with E-state index < -0.39 is 0 Å². The molecule has 106 valence electrons. The van der Waals surface area contributed by atoms with Crippen molar-refractivity contribution in [2.75, 3.05) is 13.2 Å². The maximum atomic E-state index is 9.66. The van der Waals surface area contributed by atoms with Crippen molar-refractivity contribution in [1.29, 1.82) is 0 Å². The Morgan fingerprint density at radius 2 is 2.15 bits per heavy atom. The van der Waals surface area contributed by atoms with Gasteiger partial charge < -0.3 is 15.2 Å². The Balaban J connectivity index is 1.73. The summed E-state index contributed by atoms with van der Waals surface area (Å²) in [6.07, 6.45) is 0. The number of nitrogens with zero attached hydrogens (tertiary/aromatic N) is 1. The Morgan fingerprint density at radius 1 is 1.30 bits per heavy atom. The first kappa shape index (κ1) is 14.8. The van der Waals surface area contributed by atoms with Gasteiger partial charge in [0.2, 0.25) is 0 Å². The lowest BCUT2D eigenvalue weighted by Crippen LogP contribution is -2.21. The average molecular weight is 337 g/mol. The van der Waals surface area contributed by atoms with Gasteiger partial charge in [0.1, 0.15) is 18.1 Å². The lowest BCUT2D eigenvalue weighted by Gasteiger charge is -2.09. The average Bonchev–Trinajstić information content (AvgIpc) is 2.42. The Morgan fingerprint density at radius 3 is 2.95 bits per heavy atom. The van der Waals surface area contributed by atoms with E-state index in [-0.39, 0.29) is 5.75 Å². The van der Waals surface area contributed by atoms with E-state index in [1.165, 1.54) is 0 Å². The Kier molecular flexibility index (Phi) is 5.38. The van der Waals surface area contributed by atoms with Gasteiger partial charge in [0, 0.05) is 23.3 Å². The molecule has 5 heteroatoms. The molecule has 0 radical (unpaired) electrons. The van der Waals surface area contributed by atoms with Crippen LogP contribution in [0.3, 0.4) is 0 Å². The highest BCUT2D eigenvalue weighted by Gasteiger charge is 2.02. The fraction of sp³-hybridized carbons (Fsp3) is 0.267. The second kappa shape index (κ2) is 7.26. The number of aromatic nitrogens is 1. The molecule has 0 aliphatic heterocycles. The van der Waals surface area contributed by atoms with Gasteiger partial charge in [-0.05, 0) is 37.3 Å². The molecular weight excluding hydrogens is 320 g/mol. The Bertz CT molecular complexity index is 576. The zero-order valence-corrected chi connectivity index (χ0v) is 12.9. The molecule has 2 aromatic rings. The summed E-state index contributed by atoms with van der Waals surface area (Å²) in [6, 6.07) is 11.2. The minimum absolute atomic E-state index is 0.219. The van der Waals surface area contributed by atoms with E-state index in [1.807, 2.05) is 31.2 Å². The lowest BCUT2D eigenvalue weighted by molar-refractivity contribution is 0.312. The van der Waals surface area contributed by atoms with E-state index in [9.17, 15) is 5.11 Å². The van der Waals surface area contributed by atoms with Gasteiger partial charge in [-0.25, -0.2) is 0 Å². The summed E-state index contributed by atoms with van der Waals surface area (Å²) < 4.78 is 6.60. The SMILES string of the molecule is Cc1ccc(O)c(CNCCOc2cccc(Br)c2)n1. The van der Waals surface area contributed by atoms with Crippen LogP contribution in [0.25, 0.3) is 0 Å². The minimum atomic E-state index is 0.219. The first-order chi connectivity index (χ1) is 9.65. The highest BCUT2D eigenvalue weighted by molar-refractivity contribution is 9.10. The first-order valence-corrected chi connectivity index (χ1v) is 7.19. The zero-order valence-electron chi connectivity index (χ0n) is 11.3. The summed E-state index contributed by atoms with van der Waals surface area (Å²) in [4.78, 5) is 4.28. The summed E-state index contributed by atoms with van der Waals surface area (Å²) >= 11 is 3.40. The summed E-state index contributed by atoms with van der Waals surface area (Å²) in [6.45, 7) is 3.67. The molecule has 0 aliphatic rings. The number of aryl methyl sites for hydroxylation is 1. The van der Waals surface area contributed by atoms with Crippen LogP contribution in [0.2, 0.25) is 0 Å². The molecule has 1 heterocycles. The van der Waals surface area contributed by atoms with Crippen LogP contribution in [-0.2, 0) is 6.54 Å². The monoisotopic (exact) mass is 336 g/mol. The molecule has 4 nitrogen and oxygen atoms in total. The highest BCUT2D eigenvalue weighted by Crippen LogP contribution is 2.17. The molecule has 1 aromatic carbocycles. The third-order valence-corrected chi connectivity index (χ3v) is 3.22. The molecule has 0 atom stereocenters. The van der Waals surface area contributed by atoms with Crippen LogP contribution in [0.5, 0.6) is 11.5 Å². The molecular formula is C15H17BrN2O2. The van der Waals surface area contributed by atoms with Crippen molar-refractivity contribution in [3.8, 4) is 11.5 Å². The predicted molar refractivity (Wildman–Crippen MR) is 82.0 cm³/mol. The van der Waals surface area contributed by atoms with Crippen LogP contribution in [0.4, 0.5) is 0 Å². The van der Waals surface area contributed by atoms with Crippen molar-refractivity contribution in [3.63, 3.8) is 0 Å². The number of ether oxygens (including phenoxy) is 1. The molecule has 0 saturated carbocycles. The van der Waals surface area contributed by atoms with Gasteiger partial charge in [-0.2, -0.15) is 0 Å². The second-order valence-corrected chi connectivity index (χ2v) is 5.32. The molecule has 0 saturated heterocycles. The van der Waals surface area contributed by atoms with E-state index in [2.05, 4.69) is 26.2 Å². The van der Waals surface area contributed by atoms with Crippen LogP contribution < -0.4 is 10.1 Å². The summed E-state index contributed by atoms with van der Waals surface area (Å²) in [5, 5.41) is 12.9. The van der Waals surface area contributed by atoms with E-state index >= 15 is 0 Å².